The standard InChI is InChI=1S/C27H29FN2O4S/c1-33-21-12-13-23(24(16-21)34-2)26(27(32)29-19-8-3-4-9-19)30(20-10-5-7-18(28)15-20)25(31)17-22-11-6-14-35-22/h5-7,10-16,19,26H,3-4,8-9,17H2,1-2H3,(H,29,32)/t26-/m0/s1. The molecule has 0 aliphatic heterocycles. The Labute approximate surface area is 208 Å². The number of halogens is 1. The zero-order valence-electron chi connectivity index (χ0n) is 19.8. The average Bonchev–Trinajstić information content (AvgIpc) is 3.56. The van der Waals surface area contributed by atoms with Gasteiger partial charge in [0.15, 0.2) is 0 Å². The van der Waals surface area contributed by atoms with Crippen LogP contribution in [-0.4, -0.2) is 32.1 Å². The van der Waals surface area contributed by atoms with Crippen LogP contribution in [0.4, 0.5) is 10.1 Å². The molecule has 1 atom stereocenters. The van der Waals surface area contributed by atoms with Crippen LogP contribution in [0.5, 0.6) is 11.5 Å². The first-order chi connectivity index (χ1) is 17.0. The molecule has 0 spiro atoms. The molecule has 1 saturated carbocycles. The van der Waals surface area contributed by atoms with Gasteiger partial charge in [0.25, 0.3) is 0 Å². The van der Waals surface area contributed by atoms with Crippen LogP contribution in [0, 0.1) is 5.82 Å². The molecule has 4 rings (SSSR count). The number of amides is 2. The number of anilines is 1. The minimum Gasteiger partial charge on any atom is -0.497 e. The first-order valence-corrected chi connectivity index (χ1v) is 12.5. The molecule has 184 valence electrons. The van der Waals surface area contributed by atoms with E-state index in [1.54, 1.807) is 31.4 Å². The Morgan fingerprint density at radius 2 is 1.89 bits per heavy atom. The number of methoxy groups -OCH3 is 2. The molecular formula is C27H29FN2O4S. The van der Waals surface area contributed by atoms with Crippen molar-refractivity contribution in [1.82, 2.24) is 5.32 Å². The van der Waals surface area contributed by atoms with E-state index in [-0.39, 0.29) is 24.3 Å². The van der Waals surface area contributed by atoms with Crippen LogP contribution in [0.1, 0.15) is 42.2 Å². The molecule has 1 heterocycles. The minimum absolute atomic E-state index is 0.0380. The molecular weight excluding hydrogens is 467 g/mol. The molecule has 2 amide bonds. The molecule has 3 aromatic rings. The van der Waals surface area contributed by atoms with Gasteiger partial charge in [-0.05, 0) is 54.6 Å². The number of ether oxygens (including phenoxy) is 2. The van der Waals surface area contributed by atoms with Crippen LogP contribution in [0.2, 0.25) is 0 Å². The summed E-state index contributed by atoms with van der Waals surface area (Å²) in [5, 5.41) is 5.02. The van der Waals surface area contributed by atoms with Crippen LogP contribution in [0.15, 0.2) is 60.0 Å². The zero-order valence-corrected chi connectivity index (χ0v) is 20.6. The maximum atomic E-state index is 14.3. The van der Waals surface area contributed by atoms with Gasteiger partial charge in [-0.25, -0.2) is 4.39 Å². The Balaban J connectivity index is 1.83. The highest BCUT2D eigenvalue weighted by molar-refractivity contribution is 7.10. The molecule has 8 heteroatoms. The largest absolute Gasteiger partial charge is 0.497 e. The number of carbonyl (C=O) groups excluding carboxylic acids is 2. The number of hydrogen-bond donors (Lipinski definition) is 1. The third kappa shape index (κ3) is 5.82. The van der Waals surface area contributed by atoms with Gasteiger partial charge in [-0.3, -0.25) is 14.5 Å². The summed E-state index contributed by atoms with van der Waals surface area (Å²) < 4.78 is 25.3. The predicted molar refractivity (Wildman–Crippen MR) is 135 cm³/mol. The highest BCUT2D eigenvalue weighted by atomic mass is 32.1. The van der Waals surface area contributed by atoms with Crippen LogP contribution in [0.3, 0.4) is 0 Å². The first kappa shape index (κ1) is 24.7. The molecule has 0 bridgehead atoms. The number of rotatable bonds is 9. The summed E-state index contributed by atoms with van der Waals surface area (Å²) in [4.78, 5) is 29.9. The summed E-state index contributed by atoms with van der Waals surface area (Å²) in [6, 6.07) is 13.6. The van der Waals surface area contributed by atoms with Gasteiger partial charge in [-0.2, -0.15) is 0 Å². The van der Waals surface area contributed by atoms with Crippen LogP contribution in [0.25, 0.3) is 0 Å². The molecule has 35 heavy (non-hydrogen) atoms. The Morgan fingerprint density at radius 1 is 1.09 bits per heavy atom. The SMILES string of the molecule is COc1ccc([C@@H](C(=O)NC2CCCC2)N(C(=O)Cc2cccs2)c2cccc(F)c2)c(OC)c1. The van der Waals surface area contributed by atoms with Gasteiger partial charge >= 0.3 is 0 Å². The predicted octanol–water partition coefficient (Wildman–Crippen LogP) is 5.28. The van der Waals surface area contributed by atoms with Gasteiger partial charge < -0.3 is 14.8 Å². The lowest BCUT2D eigenvalue weighted by Gasteiger charge is -2.33. The van der Waals surface area contributed by atoms with Crippen molar-refractivity contribution in [3.05, 3.63) is 76.2 Å². The number of thiophene rings is 1. The molecule has 0 radical (unpaired) electrons. The van der Waals surface area contributed by atoms with E-state index < -0.39 is 11.9 Å². The van der Waals surface area contributed by atoms with Crippen LogP contribution in [-0.2, 0) is 16.0 Å². The number of nitrogens with one attached hydrogen (secondary N) is 1. The summed E-state index contributed by atoms with van der Waals surface area (Å²) in [6.07, 6.45) is 3.96. The maximum Gasteiger partial charge on any atom is 0.248 e. The van der Waals surface area contributed by atoms with Crippen molar-refractivity contribution in [2.45, 2.75) is 44.2 Å². The second-order valence-corrected chi connectivity index (χ2v) is 9.53. The summed E-state index contributed by atoms with van der Waals surface area (Å²) in [7, 11) is 3.05. The van der Waals surface area contributed by atoms with E-state index >= 15 is 0 Å². The lowest BCUT2D eigenvalue weighted by atomic mass is 10.00. The van der Waals surface area contributed by atoms with E-state index in [0.717, 1.165) is 30.6 Å². The Morgan fingerprint density at radius 3 is 2.54 bits per heavy atom. The fraction of sp³-hybridized carbons (Fsp3) is 0.333. The first-order valence-electron chi connectivity index (χ1n) is 11.6. The average molecular weight is 497 g/mol. The molecule has 1 aliphatic carbocycles. The van der Waals surface area contributed by atoms with Crippen molar-refractivity contribution in [3.63, 3.8) is 0 Å². The smallest absolute Gasteiger partial charge is 0.248 e. The maximum absolute atomic E-state index is 14.3. The summed E-state index contributed by atoms with van der Waals surface area (Å²) in [6.45, 7) is 0. The molecule has 1 fully saturated rings. The second-order valence-electron chi connectivity index (χ2n) is 8.50. The van der Waals surface area contributed by atoms with E-state index in [2.05, 4.69) is 5.32 Å². The Hall–Kier alpha value is -3.39. The van der Waals surface area contributed by atoms with Crippen molar-refractivity contribution >= 4 is 28.8 Å². The Kier molecular flexibility index (Phi) is 8.02. The highest BCUT2D eigenvalue weighted by Gasteiger charge is 2.36. The second kappa shape index (κ2) is 11.4. The monoisotopic (exact) mass is 496 g/mol. The van der Waals surface area contributed by atoms with E-state index in [1.165, 1.54) is 41.5 Å². The summed E-state index contributed by atoms with van der Waals surface area (Å²) in [5.74, 6) is -0.177. The van der Waals surface area contributed by atoms with Gasteiger partial charge in [0.2, 0.25) is 11.8 Å². The third-order valence-corrected chi connectivity index (χ3v) is 7.08. The molecule has 2 aromatic carbocycles. The van der Waals surface area contributed by atoms with Crippen molar-refractivity contribution in [2.75, 3.05) is 19.1 Å². The molecule has 6 nitrogen and oxygen atoms in total. The van der Waals surface area contributed by atoms with E-state index in [0.29, 0.717) is 22.7 Å². The molecule has 0 saturated heterocycles. The molecule has 1 N–H and O–H groups in total. The number of nitrogens with zero attached hydrogens (tertiary/aromatic N) is 1. The van der Waals surface area contributed by atoms with Gasteiger partial charge in [-0.1, -0.05) is 25.0 Å². The summed E-state index contributed by atoms with van der Waals surface area (Å²) in [5.41, 5.74) is 0.795. The van der Waals surface area contributed by atoms with E-state index in [4.69, 9.17) is 9.47 Å². The topological polar surface area (TPSA) is 67.9 Å². The number of hydrogen-bond acceptors (Lipinski definition) is 5. The number of benzene rings is 2. The fourth-order valence-electron chi connectivity index (χ4n) is 4.50. The van der Waals surface area contributed by atoms with Gasteiger partial charge in [0, 0.05) is 28.2 Å². The molecule has 1 aromatic heterocycles. The van der Waals surface area contributed by atoms with Crippen molar-refractivity contribution < 1.29 is 23.5 Å². The van der Waals surface area contributed by atoms with E-state index in [9.17, 15) is 14.0 Å². The fourth-order valence-corrected chi connectivity index (χ4v) is 5.20. The normalized spacial score (nSPS) is 14.4. The van der Waals surface area contributed by atoms with Gasteiger partial charge in [0.1, 0.15) is 23.4 Å². The minimum atomic E-state index is -1.06. The van der Waals surface area contributed by atoms with Crippen molar-refractivity contribution in [3.8, 4) is 11.5 Å². The molecule has 1 aliphatic rings. The Bertz CT molecular complexity index is 1160. The van der Waals surface area contributed by atoms with Gasteiger partial charge in [-0.15, -0.1) is 11.3 Å². The van der Waals surface area contributed by atoms with Crippen LogP contribution < -0.4 is 19.7 Å². The van der Waals surface area contributed by atoms with Crippen LogP contribution >= 0.6 is 11.3 Å². The number of carbonyl (C=O) groups is 2. The van der Waals surface area contributed by atoms with E-state index in [1.807, 2.05) is 17.5 Å². The molecule has 0 unspecified atom stereocenters. The lowest BCUT2D eigenvalue weighted by molar-refractivity contribution is -0.127. The highest BCUT2D eigenvalue weighted by Crippen LogP contribution is 2.37. The zero-order chi connectivity index (χ0) is 24.8. The quantitative estimate of drug-likeness (QED) is 0.438. The lowest BCUT2D eigenvalue weighted by Crippen LogP contribution is -2.47. The third-order valence-electron chi connectivity index (χ3n) is 6.20. The van der Waals surface area contributed by atoms with Crippen molar-refractivity contribution in [1.29, 1.82) is 0 Å². The summed E-state index contributed by atoms with van der Waals surface area (Å²) >= 11 is 1.46. The van der Waals surface area contributed by atoms with Gasteiger partial charge in [0.05, 0.1) is 20.6 Å². The van der Waals surface area contributed by atoms with Crippen molar-refractivity contribution in [2.24, 2.45) is 0 Å².